The first-order chi connectivity index (χ1) is 7.84. The normalized spacial score (nSPS) is 26.7. The lowest BCUT2D eigenvalue weighted by Gasteiger charge is -2.37. The molecule has 3 rings (SSSR count). The first-order valence-corrected chi connectivity index (χ1v) is 6.30. The Morgan fingerprint density at radius 2 is 2.12 bits per heavy atom. The average Bonchev–Trinajstić information content (AvgIpc) is 2.72. The Hall–Kier alpha value is -0.870. The smallest absolute Gasteiger partial charge is 0.110 e. The molecule has 0 spiro atoms. The lowest BCUT2D eigenvalue weighted by molar-refractivity contribution is 0.147. The van der Waals surface area contributed by atoms with Crippen LogP contribution in [0.25, 0.3) is 0 Å². The molecule has 1 N–H and O–H groups in total. The Morgan fingerprint density at radius 1 is 1.31 bits per heavy atom. The fraction of sp³-hybridized carbons (Fsp3) is 0.750. The molecule has 0 aliphatic carbocycles. The van der Waals surface area contributed by atoms with Gasteiger partial charge in [-0.15, -0.1) is 0 Å². The molecule has 1 fully saturated rings. The molecule has 1 aromatic heterocycles. The molecule has 4 heteroatoms. The molecule has 0 aromatic carbocycles. The summed E-state index contributed by atoms with van der Waals surface area (Å²) < 4.78 is 2.37. The third-order valence-electron chi connectivity index (χ3n) is 3.91. The standard InChI is InChI=1S/C12H20N4/c1-10-9-14-12-8-11(2-5-16(10)12)15-6-3-13-4-7-15/h9,11,13H,2-8H2,1H3. The van der Waals surface area contributed by atoms with Gasteiger partial charge in [-0.05, 0) is 13.3 Å². The molecule has 2 aliphatic rings. The van der Waals surface area contributed by atoms with Crippen LogP contribution in [0, 0.1) is 6.92 Å². The minimum atomic E-state index is 0.719. The number of imidazole rings is 1. The van der Waals surface area contributed by atoms with E-state index in [1.807, 2.05) is 6.20 Å². The second-order valence-corrected chi connectivity index (χ2v) is 4.90. The van der Waals surface area contributed by atoms with E-state index >= 15 is 0 Å². The van der Waals surface area contributed by atoms with Crippen molar-refractivity contribution in [3.05, 3.63) is 17.7 Å². The van der Waals surface area contributed by atoms with Gasteiger partial charge in [0.15, 0.2) is 0 Å². The number of piperazine rings is 1. The molecule has 0 amide bonds. The molecule has 16 heavy (non-hydrogen) atoms. The van der Waals surface area contributed by atoms with E-state index in [-0.39, 0.29) is 0 Å². The molecule has 88 valence electrons. The van der Waals surface area contributed by atoms with Gasteiger partial charge in [-0.3, -0.25) is 4.90 Å². The van der Waals surface area contributed by atoms with Crippen molar-refractivity contribution < 1.29 is 0 Å². The predicted octanol–water partition coefficient (Wildman–Crippen LogP) is 0.412. The number of fused-ring (bicyclic) bond motifs is 1. The van der Waals surface area contributed by atoms with Crippen LogP contribution in [0.15, 0.2) is 6.20 Å². The molecule has 4 nitrogen and oxygen atoms in total. The zero-order chi connectivity index (χ0) is 11.0. The Morgan fingerprint density at radius 3 is 2.94 bits per heavy atom. The maximum Gasteiger partial charge on any atom is 0.110 e. The van der Waals surface area contributed by atoms with Gasteiger partial charge in [0, 0.05) is 57.1 Å². The van der Waals surface area contributed by atoms with Crippen molar-refractivity contribution in [2.45, 2.75) is 32.4 Å². The number of rotatable bonds is 1. The SMILES string of the molecule is Cc1cnc2n1CCC(N1CCNCC1)C2. The van der Waals surface area contributed by atoms with Gasteiger partial charge in [0.1, 0.15) is 5.82 Å². The van der Waals surface area contributed by atoms with Crippen LogP contribution in [-0.2, 0) is 13.0 Å². The summed E-state index contributed by atoms with van der Waals surface area (Å²) in [5.41, 5.74) is 1.31. The highest BCUT2D eigenvalue weighted by Gasteiger charge is 2.26. The maximum atomic E-state index is 4.52. The van der Waals surface area contributed by atoms with Crippen LogP contribution in [-0.4, -0.2) is 46.7 Å². The monoisotopic (exact) mass is 220 g/mol. The van der Waals surface area contributed by atoms with Crippen LogP contribution in [0.2, 0.25) is 0 Å². The van der Waals surface area contributed by atoms with Crippen LogP contribution in [0.1, 0.15) is 17.9 Å². The summed E-state index contributed by atoms with van der Waals surface area (Å²) in [7, 11) is 0. The second-order valence-electron chi connectivity index (χ2n) is 4.90. The Labute approximate surface area is 96.7 Å². The summed E-state index contributed by atoms with van der Waals surface area (Å²) in [4.78, 5) is 7.15. The van der Waals surface area contributed by atoms with Crippen molar-refractivity contribution in [3.8, 4) is 0 Å². The zero-order valence-electron chi connectivity index (χ0n) is 9.95. The Kier molecular flexibility index (Phi) is 2.69. The number of aromatic nitrogens is 2. The van der Waals surface area contributed by atoms with Gasteiger partial charge in [0.05, 0.1) is 0 Å². The van der Waals surface area contributed by atoms with Crippen LogP contribution in [0.5, 0.6) is 0 Å². The highest BCUT2D eigenvalue weighted by molar-refractivity contribution is 5.07. The van der Waals surface area contributed by atoms with Gasteiger partial charge in [0.2, 0.25) is 0 Å². The highest BCUT2D eigenvalue weighted by Crippen LogP contribution is 2.20. The minimum absolute atomic E-state index is 0.719. The van der Waals surface area contributed by atoms with Crippen molar-refractivity contribution in [1.82, 2.24) is 19.8 Å². The first kappa shape index (κ1) is 10.3. The summed E-state index contributed by atoms with van der Waals surface area (Å²) >= 11 is 0. The van der Waals surface area contributed by atoms with Crippen LogP contribution < -0.4 is 5.32 Å². The molecular weight excluding hydrogens is 200 g/mol. The molecule has 0 saturated carbocycles. The van der Waals surface area contributed by atoms with Crippen molar-refractivity contribution in [2.75, 3.05) is 26.2 Å². The van der Waals surface area contributed by atoms with Crippen molar-refractivity contribution in [1.29, 1.82) is 0 Å². The number of nitrogens with one attached hydrogen (secondary N) is 1. The fourth-order valence-corrected chi connectivity index (χ4v) is 2.93. The van der Waals surface area contributed by atoms with Gasteiger partial charge >= 0.3 is 0 Å². The largest absolute Gasteiger partial charge is 0.332 e. The second kappa shape index (κ2) is 4.18. The summed E-state index contributed by atoms with van der Waals surface area (Å²) in [6.45, 7) is 7.99. The van der Waals surface area contributed by atoms with E-state index in [9.17, 15) is 0 Å². The summed E-state index contributed by atoms with van der Waals surface area (Å²) in [5, 5.41) is 3.41. The van der Waals surface area contributed by atoms with E-state index < -0.39 is 0 Å². The summed E-state index contributed by atoms with van der Waals surface area (Å²) in [5.74, 6) is 1.28. The summed E-state index contributed by atoms with van der Waals surface area (Å²) in [6, 6.07) is 0.719. The Balaban J connectivity index is 1.72. The van der Waals surface area contributed by atoms with E-state index in [1.54, 1.807) is 0 Å². The molecule has 0 bridgehead atoms. The summed E-state index contributed by atoms with van der Waals surface area (Å²) in [6.07, 6.45) is 4.42. The predicted molar refractivity (Wildman–Crippen MR) is 63.5 cm³/mol. The highest BCUT2D eigenvalue weighted by atomic mass is 15.2. The van der Waals surface area contributed by atoms with Gasteiger partial charge in [0.25, 0.3) is 0 Å². The van der Waals surface area contributed by atoms with E-state index in [4.69, 9.17) is 0 Å². The van der Waals surface area contributed by atoms with E-state index in [2.05, 4.69) is 26.7 Å². The molecular formula is C12H20N4. The van der Waals surface area contributed by atoms with Crippen LogP contribution >= 0.6 is 0 Å². The number of nitrogens with zero attached hydrogens (tertiary/aromatic N) is 3. The minimum Gasteiger partial charge on any atom is -0.332 e. The third-order valence-corrected chi connectivity index (χ3v) is 3.91. The van der Waals surface area contributed by atoms with E-state index in [0.29, 0.717) is 0 Å². The molecule has 1 saturated heterocycles. The van der Waals surface area contributed by atoms with Crippen LogP contribution in [0.3, 0.4) is 0 Å². The quantitative estimate of drug-likeness (QED) is 0.744. The molecule has 2 aliphatic heterocycles. The molecule has 1 unspecified atom stereocenters. The van der Waals surface area contributed by atoms with Gasteiger partial charge < -0.3 is 9.88 Å². The first-order valence-electron chi connectivity index (χ1n) is 6.30. The van der Waals surface area contributed by atoms with E-state index in [1.165, 1.54) is 31.0 Å². The van der Waals surface area contributed by atoms with Crippen molar-refractivity contribution in [2.24, 2.45) is 0 Å². The van der Waals surface area contributed by atoms with Gasteiger partial charge in [-0.1, -0.05) is 0 Å². The van der Waals surface area contributed by atoms with E-state index in [0.717, 1.165) is 32.1 Å². The fourth-order valence-electron chi connectivity index (χ4n) is 2.93. The van der Waals surface area contributed by atoms with Gasteiger partial charge in [-0.2, -0.15) is 0 Å². The average molecular weight is 220 g/mol. The topological polar surface area (TPSA) is 33.1 Å². The zero-order valence-corrected chi connectivity index (χ0v) is 9.95. The van der Waals surface area contributed by atoms with Gasteiger partial charge in [-0.25, -0.2) is 4.98 Å². The van der Waals surface area contributed by atoms with Crippen molar-refractivity contribution in [3.63, 3.8) is 0 Å². The Bertz CT molecular complexity index is 365. The molecule has 1 aromatic rings. The molecule has 0 radical (unpaired) electrons. The number of hydrogen-bond donors (Lipinski definition) is 1. The lowest BCUT2D eigenvalue weighted by atomic mass is 10.0. The molecule has 3 heterocycles. The maximum absolute atomic E-state index is 4.52. The lowest BCUT2D eigenvalue weighted by Crippen LogP contribution is -2.50. The van der Waals surface area contributed by atoms with Crippen LogP contribution in [0.4, 0.5) is 0 Å². The van der Waals surface area contributed by atoms with Crippen molar-refractivity contribution >= 4 is 0 Å². The number of hydrogen-bond acceptors (Lipinski definition) is 3. The third kappa shape index (κ3) is 1.76. The number of aryl methyl sites for hydroxylation is 1. The molecule has 1 atom stereocenters.